The molecule has 1 N–H and O–H groups in total. The van der Waals surface area contributed by atoms with Crippen LogP contribution < -0.4 is 5.32 Å². The van der Waals surface area contributed by atoms with Crippen LogP contribution in [0.4, 0.5) is 5.69 Å². The van der Waals surface area contributed by atoms with Crippen molar-refractivity contribution in [3.8, 4) is 0 Å². The summed E-state index contributed by atoms with van der Waals surface area (Å²) in [5.41, 5.74) is 2.96. The third kappa shape index (κ3) is 3.85. The molecule has 4 nitrogen and oxygen atoms in total. The predicted octanol–water partition coefficient (Wildman–Crippen LogP) is 3.98. The molecule has 1 amide bonds. The molecule has 24 heavy (non-hydrogen) atoms. The number of esters is 1. The predicted molar refractivity (Wildman–Crippen MR) is 95.6 cm³/mol. The fraction of sp³-hybridized carbons (Fsp3) is 0.368. The normalized spacial score (nSPS) is 16.3. The van der Waals surface area contributed by atoms with Gasteiger partial charge in [-0.2, -0.15) is 0 Å². The van der Waals surface area contributed by atoms with Gasteiger partial charge in [0, 0.05) is 10.6 Å². The van der Waals surface area contributed by atoms with Gasteiger partial charge in [0.1, 0.15) is 4.88 Å². The first kappa shape index (κ1) is 16.7. The number of nitrogens with one attached hydrogen (secondary N) is 1. The van der Waals surface area contributed by atoms with Crippen molar-refractivity contribution in [2.24, 2.45) is 5.92 Å². The van der Waals surface area contributed by atoms with Gasteiger partial charge in [0.05, 0.1) is 0 Å². The summed E-state index contributed by atoms with van der Waals surface area (Å²) in [6.45, 7) is 3.87. The second-order valence-electron chi connectivity index (χ2n) is 6.35. The van der Waals surface area contributed by atoms with Crippen LogP contribution in [-0.2, 0) is 22.4 Å². The summed E-state index contributed by atoms with van der Waals surface area (Å²) in [6, 6.07) is 9.43. The van der Waals surface area contributed by atoms with E-state index in [4.69, 9.17) is 4.74 Å². The molecule has 1 heterocycles. The Morgan fingerprint density at radius 1 is 1.33 bits per heavy atom. The van der Waals surface area contributed by atoms with Crippen molar-refractivity contribution in [2.45, 2.75) is 33.1 Å². The first-order valence-electron chi connectivity index (χ1n) is 8.17. The van der Waals surface area contributed by atoms with Gasteiger partial charge in [-0.25, -0.2) is 4.79 Å². The molecule has 0 fully saturated rings. The Morgan fingerprint density at radius 3 is 2.92 bits per heavy atom. The van der Waals surface area contributed by atoms with Gasteiger partial charge < -0.3 is 10.1 Å². The summed E-state index contributed by atoms with van der Waals surface area (Å²) in [4.78, 5) is 26.0. The third-order valence-electron chi connectivity index (χ3n) is 4.28. The Hall–Kier alpha value is -2.14. The molecule has 1 aliphatic carbocycles. The fourth-order valence-electron chi connectivity index (χ4n) is 2.91. The number of benzene rings is 1. The molecule has 2 aromatic rings. The van der Waals surface area contributed by atoms with Crippen LogP contribution in [0.2, 0.25) is 0 Å². The van der Waals surface area contributed by atoms with Crippen molar-refractivity contribution in [3.05, 3.63) is 51.2 Å². The molecule has 0 saturated carbocycles. The maximum absolute atomic E-state index is 12.2. The lowest BCUT2D eigenvalue weighted by atomic mass is 9.90. The lowest BCUT2D eigenvalue weighted by molar-refractivity contribution is -0.119. The quantitative estimate of drug-likeness (QED) is 0.855. The zero-order valence-corrected chi connectivity index (χ0v) is 14.7. The molecule has 1 atom stereocenters. The van der Waals surface area contributed by atoms with Gasteiger partial charge >= 0.3 is 5.97 Å². The molecule has 126 valence electrons. The van der Waals surface area contributed by atoms with E-state index < -0.39 is 5.97 Å². The van der Waals surface area contributed by atoms with Gasteiger partial charge in [-0.1, -0.05) is 25.1 Å². The van der Waals surface area contributed by atoms with E-state index in [1.807, 2.05) is 37.3 Å². The molecular weight excluding hydrogens is 322 g/mol. The number of thiophene rings is 1. The smallest absolute Gasteiger partial charge is 0.348 e. The third-order valence-corrected chi connectivity index (χ3v) is 5.50. The van der Waals surface area contributed by atoms with Crippen LogP contribution in [-0.4, -0.2) is 18.5 Å². The first-order valence-corrected chi connectivity index (χ1v) is 8.99. The highest BCUT2D eigenvalue weighted by molar-refractivity contribution is 7.14. The summed E-state index contributed by atoms with van der Waals surface area (Å²) >= 11 is 1.50. The Kier molecular flexibility index (Phi) is 5.00. The van der Waals surface area contributed by atoms with Gasteiger partial charge in [-0.3, -0.25) is 4.79 Å². The van der Waals surface area contributed by atoms with Gasteiger partial charge in [0.2, 0.25) is 0 Å². The highest BCUT2D eigenvalue weighted by Gasteiger charge is 2.21. The summed E-state index contributed by atoms with van der Waals surface area (Å²) < 4.78 is 5.17. The Labute approximate surface area is 145 Å². The van der Waals surface area contributed by atoms with E-state index in [1.54, 1.807) is 0 Å². The Morgan fingerprint density at radius 2 is 2.12 bits per heavy atom. The lowest BCUT2D eigenvalue weighted by Crippen LogP contribution is -2.21. The SMILES string of the molecule is Cc1ccccc1NC(=O)COC(=O)c1cc2c(s1)CC[C@H](C)C2. The molecule has 5 heteroatoms. The largest absolute Gasteiger partial charge is 0.451 e. The van der Waals surface area contributed by atoms with Gasteiger partial charge in [-0.15, -0.1) is 11.3 Å². The van der Waals surface area contributed by atoms with Crippen LogP contribution in [0.25, 0.3) is 0 Å². The first-order chi connectivity index (χ1) is 11.5. The highest BCUT2D eigenvalue weighted by Crippen LogP contribution is 2.32. The summed E-state index contributed by atoms with van der Waals surface area (Å²) in [5.74, 6) is -0.0783. The van der Waals surface area contributed by atoms with E-state index in [1.165, 1.54) is 28.2 Å². The van der Waals surface area contributed by atoms with Gasteiger partial charge in [0.15, 0.2) is 6.61 Å². The minimum Gasteiger partial charge on any atom is -0.451 e. The van der Waals surface area contributed by atoms with Crippen molar-refractivity contribution in [3.63, 3.8) is 0 Å². The van der Waals surface area contributed by atoms with Crippen LogP contribution in [0.5, 0.6) is 0 Å². The van der Waals surface area contributed by atoms with Crippen LogP contribution in [0.1, 0.15) is 39.0 Å². The molecule has 0 radical (unpaired) electrons. The minimum atomic E-state index is -0.415. The van der Waals surface area contributed by atoms with E-state index >= 15 is 0 Å². The van der Waals surface area contributed by atoms with Crippen molar-refractivity contribution in [1.82, 2.24) is 0 Å². The van der Waals surface area contributed by atoms with E-state index in [0.29, 0.717) is 10.8 Å². The molecule has 0 unspecified atom stereocenters. The van der Waals surface area contributed by atoms with Crippen LogP contribution in [0.3, 0.4) is 0 Å². The molecule has 1 aliphatic rings. The van der Waals surface area contributed by atoms with Crippen molar-refractivity contribution >= 4 is 28.9 Å². The molecule has 0 saturated heterocycles. The zero-order chi connectivity index (χ0) is 17.1. The number of carbonyl (C=O) groups excluding carboxylic acids is 2. The number of rotatable bonds is 4. The maximum Gasteiger partial charge on any atom is 0.348 e. The van der Waals surface area contributed by atoms with Crippen LogP contribution in [0.15, 0.2) is 30.3 Å². The molecule has 0 aliphatic heterocycles. The topological polar surface area (TPSA) is 55.4 Å². The standard InChI is InChI=1S/C19H21NO3S/c1-12-7-8-16-14(9-12)10-17(24-16)19(22)23-11-18(21)20-15-6-4-3-5-13(15)2/h3-6,10,12H,7-9,11H2,1-2H3,(H,20,21)/t12-/m0/s1. The maximum atomic E-state index is 12.2. The number of hydrogen-bond acceptors (Lipinski definition) is 4. The average Bonchev–Trinajstić information content (AvgIpc) is 2.98. The van der Waals surface area contributed by atoms with E-state index in [-0.39, 0.29) is 12.5 Å². The number of amides is 1. The molecule has 1 aromatic carbocycles. The molecule has 1 aromatic heterocycles. The minimum absolute atomic E-state index is 0.272. The van der Waals surface area contributed by atoms with Crippen LogP contribution in [0, 0.1) is 12.8 Å². The van der Waals surface area contributed by atoms with Crippen molar-refractivity contribution < 1.29 is 14.3 Å². The summed E-state index contributed by atoms with van der Waals surface area (Å²) in [7, 11) is 0. The number of fused-ring (bicyclic) bond motifs is 1. The van der Waals surface area contributed by atoms with E-state index in [9.17, 15) is 9.59 Å². The van der Waals surface area contributed by atoms with Crippen LogP contribution >= 0.6 is 11.3 Å². The van der Waals surface area contributed by atoms with Gasteiger partial charge in [0.25, 0.3) is 5.91 Å². The highest BCUT2D eigenvalue weighted by atomic mass is 32.1. The summed E-state index contributed by atoms with van der Waals surface area (Å²) in [6.07, 6.45) is 3.22. The number of carbonyl (C=O) groups is 2. The number of anilines is 1. The second-order valence-corrected chi connectivity index (χ2v) is 7.48. The Balaban J connectivity index is 1.56. The molecule has 0 spiro atoms. The van der Waals surface area contributed by atoms with Gasteiger partial charge in [-0.05, 0) is 55.4 Å². The number of hydrogen-bond donors (Lipinski definition) is 1. The molecule has 3 rings (SSSR count). The van der Waals surface area contributed by atoms with Crippen molar-refractivity contribution in [1.29, 1.82) is 0 Å². The second kappa shape index (κ2) is 7.18. The average molecular weight is 343 g/mol. The van der Waals surface area contributed by atoms with E-state index in [2.05, 4.69) is 12.2 Å². The van der Waals surface area contributed by atoms with E-state index in [0.717, 1.165) is 24.1 Å². The van der Waals surface area contributed by atoms with Crippen molar-refractivity contribution in [2.75, 3.05) is 11.9 Å². The molecule has 0 bridgehead atoms. The zero-order valence-electron chi connectivity index (χ0n) is 13.9. The lowest BCUT2D eigenvalue weighted by Gasteiger charge is -2.16. The number of ether oxygens (including phenoxy) is 1. The fourth-order valence-corrected chi connectivity index (χ4v) is 4.01. The molecular formula is C19H21NO3S. The monoisotopic (exact) mass is 343 g/mol. The number of para-hydroxylation sites is 1. The number of aryl methyl sites for hydroxylation is 2. The Bertz CT molecular complexity index is 766. The summed E-state index contributed by atoms with van der Waals surface area (Å²) in [5, 5.41) is 2.76.